The third kappa shape index (κ3) is 5.58. The summed E-state index contributed by atoms with van der Waals surface area (Å²) in [6.45, 7) is 9.13. The first-order chi connectivity index (χ1) is 17.6. The quantitative estimate of drug-likeness (QED) is 0.390. The van der Waals surface area contributed by atoms with Crippen molar-refractivity contribution in [2.45, 2.75) is 45.7 Å². The van der Waals surface area contributed by atoms with E-state index in [2.05, 4.69) is 4.90 Å². The zero-order valence-corrected chi connectivity index (χ0v) is 21.6. The van der Waals surface area contributed by atoms with Gasteiger partial charge < -0.3 is 19.3 Å². The van der Waals surface area contributed by atoms with Gasteiger partial charge in [0.05, 0.1) is 31.9 Å². The van der Waals surface area contributed by atoms with Gasteiger partial charge in [-0.2, -0.15) is 4.39 Å². The van der Waals surface area contributed by atoms with E-state index < -0.39 is 34.6 Å². The average Bonchev–Trinajstić information content (AvgIpc) is 3.28. The van der Waals surface area contributed by atoms with Crippen molar-refractivity contribution in [2.24, 2.45) is 5.92 Å². The molecule has 1 atom stereocenters. The number of hydrogen-bond donors (Lipinski definition) is 1. The fourth-order valence-electron chi connectivity index (χ4n) is 4.92. The fraction of sp³-hybridized carbons (Fsp3) is 0.615. The van der Waals surface area contributed by atoms with Crippen molar-refractivity contribution < 1.29 is 37.7 Å². The van der Waals surface area contributed by atoms with E-state index in [1.165, 1.54) is 17.1 Å². The van der Waals surface area contributed by atoms with Crippen LogP contribution in [0.1, 0.15) is 39.2 Å². The molecule has 11 heteroatoms. The van der Waals surface area contributed by atoms with Crippen LogP contribution in [0.2, 0.25) is 0 Å². The predicted octanol–water partition coefficient (Wildman–Crippen LogP) is 2.80. The number of rotatable bonds is 9. The minimum Gasteiger partial charge on any atom is -0.509 e. The van der Waals surface area contributed by atoms with Gasteiger partial charge in [-0.15, -0.1) is 0 Å². The van der Waals surface area contributed by atoms with Crippen LogP contribution < -0.4 is 4.74 Å². The molecule has 9 nitrogen and oxygen atoms in total. The molecule has 3 aliphatic rings. The van der Waals surface area contributed by atoms with Crippen LogP contribution >= 0.6 is 0 Å². The average molecular weight is 524 g/mol. The maximum absolute atomic E-state index is 15.1. The summed E-state index contributed by atoms with van der Waals surface area (Å²) in [6, 6.07) is 2.72. The third-order valence-corrected chi connectivity index (χ3v) is 7.06. The Bertz CT molecular complexity index is 1060. The summed E-state index contributed by atoms with van der Waals surface area (Å²) in [5, 5.41) is 13.8. The second kappa shape index (κ2) is 11.3. The highest BCUT2D eigenvalue weighted by Gasteiger charge is 2.53. The van der Waals surface area contributed by atoms with Crippen LogP contribution in [0, 0.1) is 17.6 Å². The van der Waals surface area contributed by atoms with Crippen molar-refractivity contribution >= 4 is 11.9 Å². The maximum Gasteiger partial charge on any atom is 0.347 e. The molecule has 0 spiro atoms. The van der Waals surface area contributed by atoms with Crippen LogP contribution in [0.5, 0.6) is 5.75 Å². The lowest BCUT2D eigenvalue weighted by molar-refractivity contribution is -0.164. The molecule has 4 rings (SSSR count). The highest BCUT2D eigenvalue weighted by Crippen LogP contribution is 2.42. The fourth-order valence-corrected chi connectivity index (χ4v) is 4.92. The SMILES string of the molecule is CC(C)COC(=O)C1=C(O)[C@]2(C)CCCN2N(Cc2ccc(OCCN3CCOCC3)c(F)c2F)C1=O. The zero-order valence-electron chi connectivity index (χ0n) is 21.6. The van der Waals surface area contributed by atoms with Crippen LogP contribution in [-0.2, 0) is 25.6 Å². The topological polar surface area (TPSA) is 91.8 Å². The van der Waals surface area contributed by atoms with Gasteiger partial charge in [-0.1, -0.05) is 19.9 Å². The largest absolute Gasteiger partial charge is 0.509 e. The molecular weight excluding hydrogens is 488 g/mol. The van der Waals surface area contributed by atoms with Crippen LogP contribution in [-0.4, -0.2) is 90.0 Å². The number of ether oxygens (including phenoxy) is 3. The summed E-state index contributed by atoms with van der Waals surface area (Å²) in [4.78, 5) is 28.3. The van der Waals surface area contributed by atoms with Crippen LogP contribution in [0.4, 0.5) is 8.78 Å². The van der Waals surface area contributed by atoms with E-state index in [-0.39, 0.29) is 42.7 Å². The van der Waals surface area contributed by atoms with E-state index in [9.17, 15) is 19.1 Å². The monoisotopic (exact) mass is 523 g/mol. The Balaban J connectivity index is 1.51. The van der Waals surface area contributed by atoms with Crippen molar-refractivity contribution in [1.82, 2.24) is 14.9 Å². The van der Waals surface area contributed by atoms with Gasteiger partial charge >= 0.3 is 5.97 Å². The number of aliphatic hydroxyl groups excluding tert-OH is 1. The van der Waals surface area contributed by atoms with Gasteiger partial charge in [0, 0.05) is 31.7 Å². The van der Waals surface area contributed by atoms with E-state index >= 15 is 4.39 Å². The van der Waals surface area contributed by atoms with Gasteiger partial charge in [0.15, 0.2) is 17.1 Å². The van der Waals surface area contributed by atoms with E-state index in [1.54, 1.807) is 11.9 Å². The van der Waals surface area contributed by atoms with Crippen molar-refractivity contribution in [1.29, 1.82) is 0 Å². The van der Waals surface area contributed by atoms with Gasteiger partial charge in [-0.25, -0.2) is 14.2 Å². The smallest absolute Gasteiger partial charge is 0.347 e. The molecule has 2 fully saturated rings. The highest BCUT2D eigenvalue weighted by molar-refractivity contribution is 6.17. The number of carbonyl (C=O) groups excluding carboxylic acids is 2. The molecule has 3 aliphatic heterocycles. The number of aliphatic hydroxyl groups is 1. The second-order valence-corrected chi connectivity index (χ2v) is 10.2. The van der Waals surface area contributed by atoms with Crippen molar-refractivity contribution in [3.8, 4) is 5.75 Å². The molecule has 37 heavy (non-hydrogen) atoms. The Labute approximate surface area is 215 Å². The summed E-state index contributed by atoms with van der Waals surface area (Å²) >= 11 is 0. The number of benzene rings is 1. The number of amides is 1. The lowest BCUT2D eigenvalue weighted by Gasteiger charge is -2.46. The Morgan fingerprint density at radius 2 is 1.92 bits per heavy atom. The Morgan fingerprint density at radius 3 is 2.62 bits per heavy atom. The van der Waals surface area contributed by atoms with Gasteiger partial charge in [-0.3, -0.25) is 14.7 Å². The molecule has 0 aliphatic carbocycles. The summed E-state index contributed by atoms with van der Waals surface area (Å²) in [5.74, 6) is -4.52. The zero-order chi connectivity index (χ0) is 26.7. The molecule has 1 N–H and O–H groups in total. The molecule has 1 aromatic carbocycles. The standard InChI is InChI=1S/C26H35F2N3O6/c1-17(2)16-37-25(34)20-23(32)26(3)7-4-8-31(26)30(24(20)33)15-18-5-6-19(22(28)21(18)27)36-14-11-29-9-12-35-13-10-29/h5-6,17,32H,4,7-16H2,1-3H3/t26-/m0/s1. The van der Waals surface area contributed by atoms with Crippen molar-refractivity contribution in [3.63, 3.8) is 0 Å². The first-order valence-corrected chi connectivity index (χ1v) is 12.7. The Kier molecular flexibility index (Phi) is 8.35. The second-order valence-electron chi connectivity index (χ2n) is 10.2. The number of morpholine rings is 1. The van der Waals surface area contributed by atoms with E-state index in [0.717, 1.165) is 13.1 Å². The lowest BCUT2D eigenvalue weighted by atomic mass is 9.91. The highest BCUT2D eigenvalue weighted by atomic mass is 19.2. The molecule has 204 valence electrons. The molecular formula is C26H35F2N3O6. The van der Waals surface area contributed by atoms with Gasteiger partial charge in [-0.05, 0) is 31.7 Å². The lowest BCUT2D eigenvalue weighted by Crippen LogP contribution is -2.60. The van der Waals surface area contributed by atoms with Gasteiger partial charge in [0.2, 0.25) is 5.82 Å². The molecule has 0 aromatic heterocycles. The normalized spacial score (nSPS) is 23.1. The Hall–Kier alpha value is -2.76. The summed E-state index contributed by atoms with van der Waals surface area (Å²) in [7, 11) is 0. The predicted molar refractivity (Wildman–Crippen MR) is 129 cm³/mol. The minimum atomic E-state index is -1.14. The van der Waals surface area contributed by atoms with Crippen LogP contribution in [0.15, 0.2) is 23.5 Å². The molecule has 0 unspecified atom stereocenters. The first-order valence-electron chi connectivity index (χ1n) is 12.7. The summed E-state index contributed by atoms with van der Waals surface area (Å²) in [6.07, 6.45) is 1.13. The molecule has 1 aromatic rings. The number of halogens is 2. The molecule has 0 saturated carbocycles. The van der Waals surface area contributed by atoms with Crippen LogP contribution in [0.3, 0.4) is 0 Å². The number of hydrazine groups is 1. The van der Waals surface area contributed by atoms with Gasteiger partial charge in [0.25, 0.3) is 5.91 Å². The molecule has 0 bridgehead atoms. The number of hydrogen-bond acceptors (Lipinski definition) is 8. The number of carbonyl (C=O) groups is 2. The summed E-state index contributed by atoms with van der Waals surface area (Å²) in [5.41, 5.74) is -1.57. The molecule has 1 amide bonds. The number of nitrogens with zero attached hydrogens (tertiary/aromatic N) is 3. The maximum atomic E-state index is 15.1. The molecule has 0 radical (unpaired) electrons. The minimum absolute atomic E-state index is 0.0340. The van der Waals surface area contributed by atoms with Crippen molar-refractivity contribution in [3.05, 3.63) is 40.7 Å². The Morgan fingerprint density at radius 1 is 1.19 bits per heavy atom. The van der Waals surface area contributed by atoms with Gasteiger partial charge in [0.1, 0.15) is 12.4 Å². The third-order valence-electron chi connectivity index (χ3n) is 7.06. The summed E-state index contributed by atoms with van der Waals surface area (Å²) < 4.78 is 46.0. The molecule has 2 saturated heterocycles. The van der Waals surface area contributed by atoms with E-state index in [4.69, 9.17) is 14.2 Å². The van der Waals surface area contributed by atoms with Crippen molar-refractivity contribution in [2.75, 3.05) is 52.6 Å². The number of esters is 1. The first kappa shape index (κ1) is 27.3. The molecule has 3 heterocycles. The van der Waals surface area contributed by atoms with E-state index in [1.807, 2.05) is 13.8 Å². The van der Waals surface area contributed by atoms with E-state index in [0.29, 0.717) is 39.1 Å². The van der Waals surface area contributed by atoms with Crippen LogP contribution in [0.25, 0.3) is 0 Å². The number of fused-ring (bicyclic) bond motifs is 1.